The molecule has 0 aliphatic heterocycles. The fourth-order valence-corrected chi connectivity index (χ4v) is 3.62. The number of nitrogens with one attached hydrogen (secondary N) is 1. The van der Waals surface area contributed by atoms with Crippen molar-refractivity contribution in [3.8, 4) is 0 Å². The topological polar surface area (TPSA) is 85.4 Å². The Morgan fingerprint density at radius 1 is 1.03 bits per heavy atom. The Labute approximate surface area is 182 Å². The molecule has 0 fully saturated rings. The lowest BCUT2D eigenvalue weighted by Crippen LogP contribution is -2.13. The number of carbonyl (C=O) groups excluding carboxylic acids is 3. The van der Waals surface area contributed by atoms with Crippen LogP contribution in [0.3, 0.4) is 0 Å². The number of Topliss-reactive ketones (excluding diaryl/α,β-unsaturated/α-hetero) is 1. The largest absolute Gasteiger partial charge is 0.457 e. The van der Waals surface area contributed by atoms with Gasteiger partial charge in [-0.1, -0.05) is 53.3 Å². The predicted molar refractivity (Wildman–Crippen MR) is 116 cm³/mol. The number of thiazole rings is 1. The van der Waals surface area contributed by atoms with Gasteiger partial charge >= 0.3 is 5.97 Å². The first-order valence-corrected chi connectivity index (χ1v) is 10.4. The van der Waals surface area contributed by atoms with Crippen molar-refractivity contribution >= 4 is 45.7 Å². The summed E-state index contributed by atoms with van der Waals surface area (Å²) in [6.45, 7) is 1.83. The SMILES string of the molecule is Cc1nc(NC(=O)CCC(=O)c2ccc(Cl)cc2)sc1C(=O)OCc1ccccc1. The highest BCUT2D eigenvalue weighted by molar-refractivity contribution is 7.17. The second-order valence-corrected chi connectivity index (χ2v) is 7.91. The van der Waals surface area contributed by atoms with E-state index in [0.29, 0.717) is 26.3 Å². The number of aromatic nitrogens is 1. The number of ether oxygens (including phenoxy) is 1. The zero-order valence-electron chi connectivity index (χ0n) is 16.2. The molecule has 1 aromatic heterocycles. The number of nitrogens with zero attached hydrogens (tertiary/aromatic N) is 1. The molecule has 0 atom stereocenters. The lowest BCUT2D eigenvalue weighted by molar-refractivity contribution is -0.116. The highest BCUT2D eigenvalue weighted by atomic mass is 35.5. The molecule has 154 valence electrons. The van der Waals surface area contributed by atoms with Crippen LogP contribution in [0.15, 0.2) is 54.6 Å². The van der Waals surface area contributed by atoms with Gasteiger partial charge in [0.15, 0.2) is 10.9 Å². The van der Waals surface area contributed by atoms with E-state index in [2.05, 4.69) is 10.3 Å². The number of esters is 1. The Bertz CT molecular complexity index is 1050. The van der Waals surface area contributed by atoms with E-state index >= 15 is 0 Å². The predicted octanol–water partition coefficient (Wildman–Crippen LogP) is 5.06. The van der Waals surface area contributed by atoms with Crippen molar-refractivity contribution in [3.05, 3.63) is 81.3 Å². The van der Waals surface area contributed by atoms with Crippen molar-refractivity contribution in [2.24, 2.45) is 0 Å². The van der Waals surface area contributed by atoms with Crippen molar-refractivity contribution in [1.29, 1.82) is 0 Å². The fourth-order valence-electron chi connectivity index (χ4n) is 2.62. The monoisotopic (exact) mass is 442 g/mol. The van der Waals surface area contributed by atoms with Crippen LogP contribution in [0, 0.1) is 6.92 Å². The Hall–Kier alpha value is -3.03. The molecule has 0 aliphatic rings. The van der Waals surface area contributed by atoms with Gasteiger partial charge in [-0.25, -0.2) is 9.78 Å². The molecular formula is C22H19ClN2O4S. The van der Waals surface area contributed by atoms with Gasteiger partial charge in [0, 0.05) is 23.4 Å². The average Bonchev–Trinajstić information content (AvgIpc) is 3.11. The first kappa shape index (κ1) is 21.7. The molecular weight excluding hydrogens is 424 g/mol. The van der Waals surface area contributed by atoms with Gasteiger partial charge in [0.2, 0.25) is 5.91 Å². The summed E-state index contributed by atoms with van der Waals surface area (Å²) in [5.74, 6) is -0.996. The van der Waals surface area contributed by atoms with Crippen LogP contribution in [0.4, 0.5) is 5.13 Å². The molecule has 3 aromatic rings. The fraction of sp³-hybridized carbons (Fsp3) is 0.182. The molecule has 1 heterocycles. The van der Waals surface area contributed by atoms with Crippen LogP contribution in [0.5, 0.6) is 0 Å². The Morgan fingerprint density at radius 3 is 2.43 bits per heavy atom. The van der Waals surface area contributed by atoms with Gasteiger partial charge in [-0.05, 0) is 36.8 Å². The van der Waals surface area contributed by atoms with E-state index in [-0.39, 0.29) is 31.1 Å². The maximum absolute atomic E-state index is 12.3. The zero-order chi connectivity index (χ0) is 21.5. The average molecular weight is 443 g/mol. The van der Waals surface area contributed by atoms with E-state index in [4.69, 9.17) is 16.3 Å². The Kier molecular flexibility index (Phi) is 7.32. The van der Waals surface area contributed by atoms with Gasteiger partial charge in [-0.2, -0.15) is 0 Å². The summed E-state index contributed by atoms with van der Waals surface area (Å²) < 4.78 is 5.31. The van der Waals surface area contributed by atoms with Gasteiger partial charge in [0.1, 0.15) is 11.5 Å². The lowest BCUT2D eigenvalue weighted by Gasteiger charge is -2.03. The lowest BCUT2D eigenvalue weighted by atomic mass is 10.1. The second-order valence-electron chi connectivity index (χ2n) is 6.47. The van der Waals surface area contributed by atoms with E-state index in [1.54, 1.807) is 31.2 Å². The number of hydrogen-bond acceptors (Lipinski definition) is 6. The number of rotatable bonds is 8. The van der Waals surface area contributed by atoms with Crippen LogP contribution >= 0.6 is 22.9 Å². The quantitative estimate of drug-likeness (QED) is 0.389. The molecule has 0 saturated carbocycles. The number of amides is 1. The molecule has 0 radical (unpaired) electrons. The summed E-state index contributed by atoms with van der Waals surface area (Å²) in [4.78, 5) is 41.2. The van der Waals surface area contributed by atoms with Crippen molar-refractivity contribution < 1.29 is 19.1 Å². The molecule has 0 aliphatic carbocycles. The minimum absolute atomic E-state index is 0.00781. The molecule has 0 bridgehead atoms. The maximum atomic E-state index is 12.3. The number of hydrogen-bond donors (Lipinski definition) is 1. The third-order valence-electron chi connectivity index (χ3n) is 4.19. The highest BCUT2D eigenvalue weighted by Crippen LogP contribution is 2.24. The molecule has 8 heteroatoms. The number of aryl methyl sites for hydroxylation is 1. The first-order chi connectivity index (χ1) is 14.4. The molecule has 0 spiro atoms. The van der Waals surface area contributed by atoms with Crippen molar-refractivity contribution in [1.82, 2.24) is 4.98 Å². The molecule has 0 unspecified atom stereocenters. The normalized spacial score (nSPS) is 10.5. The van der Waals surface area contributed by atoms with E-state index in [1.165, 1.54) is 0 Å². The smallest absolute Gasteiger partial charge is 0.350 e. The molecule has 1 N–H and O–H groups in total. The second kappa shape index (κ2) is 10.1. The van der Waals surface area contributed by atoms with E-state index in [0.717, 1.165) is 16.9 Å². The highest BCUT2D eigenvalue weighted by Gasteiger charge is 2.18. The minimum atomic E-state index is -0.493. The van der Waals surface area contributed by atoms with Gasteiger partial charge in [-0.3, -0.25) is 9.59 Å². The van der Waals surface area contributed by atoms with Gasteiger partial charge in [-0.15, -0.1) is 0 Å². The van der Waals surface area contributed by atoms with Crippen LogP contribution in [-0.2, 0) is 16.1 Å². The number of halogens is 1. The molecule has 2 aromatic carbocycles. The summed E-state index contributed by atoms with van der Waals surface area (Å²) in [6.07, 6.45) is 0.0671. The molecule has 0 saturated heterocycles. The zero-order valence-corrected chi connectivity index (χ0v) is 17.8. The molecule has 6 nitrogen and oxygen atoms in total. The van der Waals surface area contributed by atoms with Crippen molar-refractivity contribution in [2.75, 3.05) is 5.32 Å². The molecule has 30 heavy (non-hydrogen) atoms. The third-order valence-corrected chi connectivity index (χ3v) is 5.49. The Morgan fingerprint density at radius 2 is 1.73 bits per heavy atom. The van der Waals surface area contributed by atoms with Crippen molar-refractivity contribution in [3.63, 3.8) is 0 Å². The van der Waals surface area contributed by atoms with Crippen LogP contribution in [0.1, 0.15) is 44.1 Å². The summed E-state index contributed by atoms with van der Waals surface area (Å²) in [5.41, 5.74) is 1.86. The summed E-state index contributed by atoms with van der Waals surface area (Å²) in [7, 11) is 0. The van der Waals surface area contributed by atoms with Crippen LogP contribution in [-0.4, -0.2) is 22.6 Å². The number of anilines is 1. The summed E-state index contributed by atoms with van der Waals surface area (Å²) in [6, 6.07) is 15.9. The van der Waals surface area contributed by atoms with E-state index < -0.39 is 5.97 Å². The summed E-state index contributed by atoms with van der Waals surface area (Å²) in [5, 5.41) is 3.47. The van der Waals surface area contributed by atoms with Crippen LogP contribution in [0.2, 0.25) is 5.02 Å². The Balaban J connectivity index is 1.51. The standard InChI is InChI=1S/C22H19ClN2O4S/c1-14-20(21(28)29-13-15-5-3-2-4-6-15)30-22(24-14)25-19(27)12-11-18(26)16-7-9-17(23)10-8-16/h2-10H,11-13H2,1H3,(H,24,25,27). The van der Waals surface area contributed by atoms with Gasteiger partial charge < -0.3 is 10.1 Å². The number of benzene rings is 2. The molecule has 1 amide bonds. The number of ketones is 1. The number of carbonyl (C=O) groups is 3. The van der Waals surface area contributed by atoms with Crippen LogP contribution < -0.4 is 5.32 Å². The van der Waals surface area contributed by atoms with Gasteiger partial charge in [0.05, 0.1) is 5.69 Å². The van der Waals surface area contributed by atoms with Gasteiger partial charge in [0.25, 0.3) is 0 Å². The van der Waals surface area contributed by atoms with E-state index in [1.807, 2.05) is 30.3 Å². The summed E-state index contributed by atoms with van der Waals surface area (Å²) >= 11 is 6.85. The minimum Gasteiger partial charge on any atom is -0.457 e. The third kappa shape index (κ3) is 5.98. The van der Waals surface area contributed by atoms with Crippen LogP contribution in [0.25, 0.3) is 0 Å². The van der Waals surface area contributed by atoms with E-state index in [9.17, 15) is 14.4 Å². The molecule has 3 rings (SSSR count). The van der Waals surface area contributed by atoms with Crippen molar-refractivity contribution in [2.45, 2.75) is 26.4 Å². The maximum Gasteiger partial charge on any atom is 0.350 e. The first-order valence-electron chi connectivity index (χ1n) is 9.19.